The highest BCUT2D eigenvalue weighted by Crippen LogP contribution is 2.20. The maximum Gasteiger partial charge on any atom is 0.238 e. The van der Waals surface area contributed by atoms with Crippen LogP contribution in [-0.4, -0.2) is 30.5 Å². The number of nitrogens with zero attached hydrogens (tertiary/aromatic N) is 1. The minimum atomic E-state index is -0.0543. The minimum Gasteiger partial charge on any atom is -0.494 e. The van der Waals surface area contributed by atoms with E-state index in [1.54, 1.807) is 0 Å². The molecule has 122 valence electrons. The second-order valence-corrected chi connectivity index (χ2v) is 5.93. The molecule has 22 heavy (non-hydrogen) atoms. The fraction of sp³-hybridized carbons (Fsp3) is 0.588. The average molecular weight is 305 g/mol. The van der Waals surface area contributed by atoms with Crippen molar-refractivity contribution in [3.63, 3.8) is 0 Å². The van der Waals surface area contributed by atoms with E-state index in [2.05, 4.69) is 29.4 Å². The summed E-state index contributed by atoms with van der Waals surface area (Å²) in [5.41, 5.74) is 3.50. The Hall–Kier alpha value is -1.59. The molecule has 3 N–H and O–H groups in total. The van der Waals surface area contributed by atoms with Crippen molar-refractivity contribution in [3.8, 4) is 5.75 Å². The molecule has 1 aliphatic rings. The summed E-state index contributed by atoms with van der Waals surface area (Å²) >= 11 is 0. The summed E-state index contributed by atoms with van der Waals surface area (Å²) < 4.78 is 5.75. The standard InChI is InChI=1S/C17H27N3O2/c1-2-3-10-22-16-8-4-6-14(11-16)12-20-9-5-7-15(13-20)17(21)19-18/h4,6,8,11,15H,2-3,5,7,9-10,12-13,18H2,1H3,(H,19,21). The van der Waals surface area contributed by atoms with Gasteiger partial charge in [-0.15, -0.1) is 0 Å². The molecule has 1 heterocycles. The van der Waals surface area contributed by atoms with Crippen LogP contribution in [0.5, 0.6) is 5.75 Å². The first-order valence-electron chi connectivity index (χ1n) is 8.17. The molecule has 0 aromatic heterocycles. The zero-order valence-electron chi connectivity index (χ0n) is 13.4. The molecule has 1 aliphatic heterocycles. The van der Waals surface area contributed by atoms with Crippen molar-refractivity contribution in [2.24, 2.45) is 11.8 Å². The number of benzene rings is 1. The van der Waals surface area contributed by atoms with Crippen LogP contribution in [0.15, 0.2) is 24.3 Å². The molecule has 1 fully saturated rings. The molecule has 5 heteroatoms. The minimum absolute atomic E-state index is 0.00253. The molecule has 0 radical (unpaired) electrons. The van der Waals surface area contributed by atoms with Gasteiger partial charge in [-0.05, 0) is 43.5 Å². The van der Waals surface area contributed by atoms with E-state index >= 15 is 0 Å². The van der Waals surface area contributed by atoms with Crippen LogP contribution >= 0.6 is 0 Å². The molecule has 1 aromatic rings. The molecule has 0 spiro atoms. The molecule has 5 nitrogen and oxygen atoms in total. The zero-order valence-corrected chi connectivity index (χ0v) is 13.4. The number of ether oxygens (including phenoxy) is 1. The number of hydrogen-bond acceptors (Lipinski definition) is 4. The van der Waals surface area contributed by atoms with Gasteiger partial charge < -0.3 is 4.74 Å². The molecule has 1 unspecified atom stereocenters. The molecule has 0 aliphatic carbocycles. The Kier molecular flexibility index (Phi) is 6.68. The van der Waals surface area contributed by atoms with Gasteiger partial charge in [0.1, 0.15) is 5.75 Å². The fourth-order valence-electron chi connectivity index (χ4n) is 2.86. The number of nitrogens with one attached hydrogen (secondary N) is 1. The summed E-state index contributed by atoms with van der Waals surface area (Å²) in [6, 6.07) is 8.24. The summed E-state index contributed by atoms with van der Waals surface area (Å²) in [7, 11) is 0. The normalized spacial score (nSPS) is 18.9. The quantitative estimate of drug-likeness (QED) is 0.350. The first kappa shape index (κ1) is 16.8. The average Bonchev–Trinajstić information content (AvgIpc) is 2.55. The number of hydrazine groups is 1. The van der Waals surface area contributed by atoms with Crippen LogP contribution in [0.2, 0.25) is 0 Å². The topological polar surface area (TPSA) is 67.6 Å². The predicted octanol–water partition coefficient (Wildman–Crippen LogP) is 2.07. The second kappa shape index (κ2) is 8.76. The van der Waals surface area contributed by atoms with E-state index < -0.39 is 0 Å². The van der Waals surface area contributed by atoms with Crippen molar-refractivity contribution < 1.29 is 9.53 Å². The van der Waals surface area contributed by atoms with E-state index in [0.717, 1.165) is 57.7 Å². The fourth-order valence-corrected chi connectivity index (χ4v) is 2.86. The number of piperidine rings is 1. The third-order valence-corrected chi connectivity index (χ3v) is 4.09. The van der Waals surface area contributed by atoms with Crippen molar-refractivity contribution in [1.29, 1.82) is 0 Å². The van der Waals surface area contributed by atoms with Gasteiger partial charge in [0.15, 0.2) is 0 Å². The number of unbranched alkanes of at least 4 members (excludes halogenated alkanes) is 1. The van der Waals surface area contributed by atoms with E-state index in [1.165, 1.54) is 5.56 Å². The largest absolute Gasteiger partial charge is 0.494 e. The molecule has 1 amide bonds. The molecule has 1 saturated heterocycles. The highest BCUT2D eigenvalue weighted by molar-refractivity contribution is 5.78. The first-order valence-corrected chi connectivity index (χ1v) is 8.17. The van der Waals surface area contributed by atoms with Crippen LogP contribution in [0.1, 0.15) is 38.2 Å². The van der Waals surface area contributed by atoms with Crippen LogP contribution in [-0.2, 0) is 11.3 Å². The summed E-state index contributed by atoms with van der Waals surface area (Å²) in [4.78, 5) is 14.0. The van der Waals surface area contributed by atoms with E-state index in [9.17, 15) is 4.79 Å². The second-order valence-electron chi connectivity index (χ2n) is 5.93. The van der Waals surface area contributed by atoms with Crippen molar-refractivity contribution in [2.45, 2.75) is 39.2 Å². The third kappa shape index (κ3) is 5.00. The lowest BCUT2D eigenvalue weighted by atomic mass is 9.97. The predicted molar refractivity (Wildman–Crippen MR) is 87.2 cm³/mol. The lowest BCUT2D eigenvalue weighted by Gasteiger charge is -2.31. The van der Waals surface area contributed by atoms with E-state index in [-0.39, 0.29) is 11.8 Å². The molecule has 1 aromatic carbocycles. The smallest absolute Gasteiger partial charge is 0.238 e. The van der Waals surface area contributed by atoms with Gasteiger partial charge >= 0.3 is 0 Å². The van der Waals surface area contributed by atoms with Crippen LogP contribution in [0.3, 0.4) is 0 Å². The van der Waals surface area contributed by atoms with E-state index in [4.69, 9.17) is 10.6 Å². The Balaban J connectivity index is 1.89. The lowest BCUT2D eigenvalue weighted by molar-refractivity contribution is -0.126. The van der Waals surface area contributed by atoms with Gasteiger partial charge in [-0.25, -0.2) is 5.84 Å². The Bertz CT molecular complexity index is 479. The number of rotatable bonds is 7. The van der Waals surface area contributed by atoms with Gasteiger partial charge in [0, 0.05) is 13.1 Å². The number of amides is 1. The Morgan fingerprint density at radius 2 is 2.36 bits per heavy atom. The zero-order chi connectivity index (χ0) is 15.8. The highest BCUT2D eigenvalue weighted by Gasteiger charge is 2.25. The first-order chi connectivity index (χ1) is 10.7. The molecular weight excluding hydrogens is 278 g/mol. The van der Waals surface area contributed by atoms with Crippen LogP contribution < -0.4 is 16.0 Å². The number of hydrogen-bond donors (Lipinski definition) is 2. The molecule has 2 rings (SSSR count). The molecular formula is C17H27N3O2. The number of likely N-dealkylation sites (tertiary alicyclic amines) is 1. The lowest BCUT2D eigenvalue weighted by Crippen LogP contribution is -2.44. The molecule has 1 atom stereocenters. The van der Waals surface area contributed by atoms with Gasteiger partial charge in [0.2, 0.25) is 5.91 Å². The summed E-state index contributed by atoms with van der Waals surface area (Å²) in [5, 5.41) is 0. The van der Waals surface area contributed by atoms with Crippen LogP contribution in [0.4, 0.5) is 0 Å². The van der Waals surface area contributed by atoms with Crippen molar-refractivity contribution in [1.82, 2.24) is 10.3 Å². The van der Waals surface area contributed by atoms with Gasteiger partial charge in [0.25, 0.3) is 0 Å². The summed E-state index contributed by atoms with van der Waals surface area (Å²) in [6.07, 6.45) is 4.16. The third-order valence-electron chi connectivity index (χ3n) is 4.09. The molecule has 0 bridgehead atoms. The van der Waals surface area contributed by atoms with E-state index in [0.29, 0.717) is 0 Å². The van der Waals surface area contributed by atoms with Gasteiger partial charge in [0.05, 0.1) is 12.5 Å². The van der Waals surface area contributed by atoms with Crippen molar-refractivity contribution in [2.75, 3.05) is 19.7 Å². The number of nitrogens with two attached hydrogens (primary N) is 1. The Labute approximate surface area is 132 Å². The summed E-state index contributed by atoms with van der Waals surface area (Å²) in [5.74, 6) is 6.12. The maximum atomic E-state index is 11.7. The Morgan fingerprint density at radius 3 is 3.14 bits per heavy atom. The van der Waals surface area contributed by atoms with Crippen molar-refractivity contribution in [3.05, 3.63) is 29.8 Å². The van der Waals surface area contributed by atoms with Crippen LogP contribution in [0.25, 0.3) is 0 Å². The van der Waals surface area contributed by atoms with Gasteiger partial charge in [-0.1, -0.05) is 25.5 Å². The van der Waals surface area contributed by atoms with Gasteiger partial charge in [-0.3, -0.25) is 15.1 Å². The summed E-state index contributed by atoms with van der Waals surface area (Å²) in [6.45, 7) is 5.56. The SMILES string of the molecule is CCCCOc1cccc(CN2CCCC(C(=O)NN)C2)c1. The maximum absolute atomic E-state index is 11.7. The number of carbonyl (C=O) groups is 1. The van der Waals surface area contributed by atoms with Gasteiger partial charge in [-0.2, -0.15) is 0 Å². The number of carbonyl (C=O) groups excluding carboxylic acids is 1. The molecule has 0 saturated carbocycles. The Morgan fingerprint density at radius 1 is 1.50 bits per heavy atom. The highest BCUT2D eigenvalue weighted by atomic mass is 16.5. The van der Waals surface area contributed by atoms with Crippen molar-refractivity contribution >= 4 is 5.91 Å². The van der Waals surface area contributed by atoms with E-state index in [1.807, 2.05) is 12.1 Å². The monoisotopic (exact) mass is 305 g/mol. The van der Waals surface area contributed by atoms with Crippen LogP contribution in [0, 0.1) is 5.92 Å².